The molecule has 0 unspecified atom stereocenters. The van der Waals surface area contributed by atoms with Crippen LogP contribution in [0.2, 0.25) is 0 Å². The Kier molecular flexibility index (Phi) is 3.02. The SMILES string of the molecule is CCCc1cccc(C2=C[CH]c3ccccc32)c1. The van der Waals surface area contributed by atoms with Gasteiger partial charge in [0.1, 0.15) is 0 Å². The summed E-state index contributed by atoms with van der Waals surface area (Å²) in [5, 5.41) is 0. The molecule has 0 atom stereocenters. The van der Waals surface area contributed by atoms with Gasteiger partial charge in [0.25, 0.3) is 0 Å². The molecular formula is C18H17. The Morgan fingerprint density at radius 2 is 1.83 bits per heavy atom. The van der Waals surface area contributed by atoms with E-state index in [9.17, 15) is 0 Å². The zero-order chi connectivity index (χ0) is 12.4. The van der Waals surface area contributed by atoms with E-state index in [4.69, 9.17) is 0 Å². The van der Waals surface area contributed by atoms with Crippen LogP contribution in [0.5, 0.6) is 0 Å². The third kappa shape index (κ3) is 1.99. The summed E-state index contributed by atoms with van der Waals surface area (Å²) in [6, 6.07) is 17.5. The molecule has 0 saturated carbocycles. The van der Waals surface area contributed by atoms with E-state index in [1.165, 1.54) is 34.2 Å². The normalized spacial score (nSPS) is 13.3. The fourth-order valence-electron chi connectivity index (χ4n) is 2.59. The van der Waals surface area contributed by atoms with Crippen LogP contribution < -0.4 is 0 Å². The predicted molar refractivity (Wildman–Crippen MR) is 77.4 cm³/mol. The summed E-state index contributed by atoms with van der Waals surface area (Å²) in [6.45, 7) is 2.23. The van der Waals surface area contributed by atoms with E-state index in [1.54, 1.807) is 0 Å². The molecule has 0 heterocycles. The van der Waals surface area contributed by atoms with Crippen molar-refractivity contribution in [1.29, 1.82) is 0 Å². The maximum Gasteiger partial charge on any atom is 0.0138 e. The van der Waals surface area contributed by atoms with Crippen LogP contribution in [0.15, 0.2) is 54.6 Å². The third-order valence-corrected chi connectivity index (χ3v) is 3.46. The number of hydrogen-bond donors (Lipinski definition) is 0. The van der Waals surface area contributed by atoms with Gasteiger partial charge in [0, 0.05) is 6.42 Å². The van der Waals surface area contributed by atoms with Crippen molar-refractivity contribution in [1.82, 2.24) is 0 Å². The highest BCUT2D eigenvalue weighted by molar-refractivity contribution is 5.87. The van der Waals surface area contributed by atoms with E-state index in [-0.39, 0.29) is 0 Å². The maximum atomic E-state index is 2.32. The highest BCUT2D eigenvalue weighted by atomic mass is 14.2. The summed E-state index contributed by atoms with van der Waals surface area (Å²) in [5.74, 6) is 0. The van der Waals surface area contributed by atoms with Crippen molar-refractivity contribution in [3.63, 3.8) is 0 Å². The van der Waals surface area contributed by atoms with Crippen LogP contribution in [-0.2, 0) is 6.42 Å². The minimum absolute atomic E-state index is 1.16. The summed E-state index contributed by atoms with van der Waals surface area (Å²) < 4.78 is 0. The second-order valence-corrected chi connectivity index (χ2v) is 4.78. The van der Waals surface area contributed by atoms with Crippen LogP contribution in [0.4, 0.5) is 0 Å². The first-order valence-corrected chi connectivity index (χ1v) is 6.62. The van der Waals surface area contributed by atoms with E-state index in [1.807, 2.05) is 0 Å². The molecule has 89 valence electrons. The number of allylic oxidation sites excluding steroid dienone is 1. The standard InChI is InChI=1S/C18H17/c1-2-6-14-7-5-9-16(13-14)18-12-11-15-8-3-4-10-17(15)18/h3-5,7-13H,2,6H2,1H3. The van der Waals surface area contributed by atoms with Crippen LogP contribution in [-0.4, -0.2) is 0 Å². The topological polar surface area (TPSA) is 0 Å². The van der Waals surface area contributed by atoms with E-state index < -0.39 is 0 Å². The highest BCUT2D eigenvalue weighted by Crippen LogP contribution is 2.33. The average Bonchev–Trinajstić information content (AvgIpc) is 2.83. The molecule has 18 heavy (non-hydrogen) atoms. The molecule has 2 aromatic carbocycles. The fourth-order valence-corrected chi connectivity index (χ4v) is 2.59. The van der Waals surface area contributed by atoms with Crippen LogP contribution in [0.25, 0.3) is 5.57 Å². The lowest BCUT2D eigenvalue weighted by Gasteiger charge is -2.08. The highest BCUT2D eigenvalue weighted by Gasteiger charge is 2.14. The summed E-state index contributed by atoms with van der Waals surface area (Å²) in [6.07, 6.45) is 6.80. The zero-order valence-corrected chi connectivity index (χ0v) is 10.7. The first-order valence-electron chi connectivity index (χ1n) is 6.62. The minimum atomic E-state index is 1.16. The van der Waals surface area contributed by atoms with Crippen molar-refractivity contribution >= 4 is 5.57 Å². The molecule has 0 nitrogen and oxygen atoms in total. The number of fused-ring (bicyclic) bond motifs is 1. The number of rotatable bonds is 3. The Balaban J connectivity index is 1.99. The predicted octanol–water partition coefficient (Wildman–Crippen LogP) is 4.64. The minimum Gasteiger partial charge on any atom is -0.0676 e. The van der Waals surface area contributed by atoms with Gasteiger partial charge in [0.2, 0.25) is 0 Å². The second kappa shape index (κ2) is 4.81. The number of benzene rings is 2. The first-order chi connectivity index (χ1) is 8.88. The molecule has 0 bridgehead atoms. The lowest BCUT2D eigenvalue weighted by atomic mass is 9.97. The molecule has 0 spiro atoms. The Hall–Kier alpha value is -1.82. The van der Waals surface area contributed by atoms with E-state index in [0.29, 0.717) is 0 Å². The Morgan fingerprint density at radius 3 is 2.72 bits per heavy atom. The van der Waals surface area contributed by atoms with Gasteiger partial charge in [-0.2, -0.15) is 0 Å². The smallest absolute Gasteiger partial charge is 0.0138 e. The summed E-state index contributed by atoms with van der Waals surface area (Å²) in [4.78, 5) is 0. The Bertz CT molecular complexity index is 590. The zero-order valence-electron chi connectivity index (χ0n) is 10.7. The van der Waals surface area contributed by atoms with Crippen molar-refractivity contribution < 1.29 is 0 Å². The molecular weight excluding hydrogens is 216 g/mol. The summed E-state index contributed by atoms with van der Waals surface area (Å²) in [5.41, 5.74) is 6.80. The van der Waals surface area contributed by atoms with Gasteiger partial charge in [-0.15, -0.1) is 0 Å². The van der Waals surface area contributed by atoms with Crippen molar-refractivity contribution in [2.45, 2.75) is 19.8 Å². The molecule has 0 saturated heterocycles. The number of hydrogen-bond acceptors (Lipinski definition) is 0. The molecule has 0 aromatic heterocycles. The molecule has 0 fully saturated rings. The monoisotopic (exact) mass is 233 g/mol. The van der Waals surface area contributed by atoms with Crippen LogP contribution in [0.3, 0.4) is 0 Å². The van der Waals surface area contributed by atoms with Gasteiger partial charge < -0.3 is 0 Å². The summed E-state index contributed by atoms with van der Waals surface area (Å²) in [7, 11) is 0. The van der Waals surface area contributed by atoms with E-state index >= 15 is 0 Å². The van der Waals surface area contributed by atoms with Gasteiger partial charge in [-0.3, -0.25) is 0 Å². The van der Waals surface area contributed by atoms with Gasteiger partial charge >= 0.3 is 0 Å². The van der Waals surface area contributed by atoms with Crippen molar-refractivity contribution in [3.8, 4) is 0 Å². The average molecular weight is 233 g/mol. The Labute approximate surface area is 109 Å². The first kappa shape index (κ1) is 11.3. The van der Waals surface area contributed by atoms with Gasteiger partial charge in [0.15, 0.2) is 0 Å². The molecule has 0 aliphatic heterocycles. The fraction of sp³-hybridized carbons (Fsp3) is 0.167. The van der Waals surface area contributed by atoms with Gasteiger partial charge in [-0.1, -0.05) is 68.0 Å². The van der Waals surface area contributed by atoms with Gasteiger partial charge in [-0.05, 0) is 34.2 Å². The van der Waals surface area contributed by atoms with E-state index in [2.05, 4.69) is 68.0 Å². The molecule has 1 aliphatic rings. The molecule has 1 aliphatic carbocycles. The third-order valence-electron chi connectivity index (χ3n) is 3.46. The number of aryl methyl sites for hydroxylation is 1. The van der Waals surface area contributed by atoms with Gasteiger partial charge in [0.05, 0.1) is 0 Å². The van der Waals surface area contributed by atoms with Crippen molar-refractivity contribution in [2.24, 2.45) is 0 Å². The molecule has 2 aromatic rings. The summed E-state index contributed by atoms with van der Waals surface area (Å²) >= 11 is 0. The van der Waals surface area contributed by atoms with Crippen LogP contribution in [0, 0.1) is 6.42 Å². The van der Waals surface area contributed by atoms with Crippen molar-refractivity contribution in [3.05, 3.63) is 83.3 Å². The quantitative estimate of drug-likeness (QED) is 0.724. The van der Waals surface area contributed by atoms with E-state index in [0.717, 1.165) is 6.42 Å². The van der Waals surface area contributed by atoms with Crippen molar-refractivity contribution in [2.75, 3.05) is 0 Å². The van der Waals surface area contributed by atoms with Crippen LogP contribution >= 0.6 is 0 Å². The molecule has 0 amide bonds. The largest absolute Gasteiger partial charge is 0.0676 e. The van der Waals surface area contributed by atoms with Gasteiger partial charge in [-0.25, -0.2) is 0 Å². The molecule has 0 heteroatoms. The maximum absolute atomic E-state index is 2.32. The molecule has 0 N–H and O–H groups in total. The lowest BCUT2D eigenvalue weighted by Crippen LogP contribution is -1.89. The lowest BCUT2D eigenvalue weighted by molar-refractivity contribution is 0.921. The molecule has 1 radical (unpaired) electrons. The Morgan fingerprint density at radius 1 is 0.944 bits per heavy atom. The second-order valence-electron chi connectivity index (χ2n) is 4.78. The van der Waals surface area contributed by atoms with Crippen LogP contribution in [0.1, 0.15) is 35.6 Å². The molecule has 3 rings (SSSR count).